The molecule has 0 bridgehead atoms. The average molecular weight is 287 g/mol. The van der Waals surface area contributed by atoms with Gasteiger partial charge in [-0.25, -0.2) is 0 Å². The van der Waals surface area contributed by atoms with E-state index in [1.807, 2.05) is 0 Å². The van der Waals surface area contributed by atoms with Crippen LogP contribution >= 0.6 is 0 Å². The smallest absolute Gasteiger partial charge is 0.378 e. The molecule has 0 radical (unpaired) electrons. The van der Waals surface area contributed by atoms with E-state index in [0.717, 1.165) is 43.6 Å². The molecule has 0 amide bonds. The summed E-state index contributed by atoms with van der Waals surface area (Å²) >= 11 is 0. The molecule has 2 nitrogen and oxygen atoms in total. The van der Waals surface area contributed by atoms with Gasteiger partial charge < -0.3 is 10.1 Å². The molecule has 20 heavy (non-hydrogen) atoms. The molecule has 1 aliphatic heterocycles. The summed E-state index contributed by atoms with van der Waals surface area (Å²) in [7, 11) is 0. The fraction of sp³-hybridized carbons (Fsp3) is 0.600. The van der Waals surface area contributed by atoms with Gasteiger partial charge in [-0.05, 0) is 37.0 Å². The lowest BCUT2D eigenvalue weighted by molar-refractivity contribution is -0.137. The highest BCUT2D eigenvalue weighted by Crippen LogP contribution is 2.29. The number of alkyl halides is 3. The van der Waals surface area contributed by atoms with E-state index in [2.05, 4.69) is 12.2 Å². The molecule has 1 saturated heterocycles. The average Bonchev–Trinajstić information content (AvgIpc) is 2.45. The van der Waals surface area contributed by atoms with Gasteiger partial charge >= 0.3 is 6.18 Å². The first kappa shape index (κ1) is 15.3. The minimum Gasteiger partial charge on any atom is -0.378 e. The van der Waals surface area contributed by atoms with E-state index in [4.69, 9.17) is 4.74 Å². The number of hydrogen-bond donors (Lipinski definition) is 1. The predicted octanol–water partition coefficient (Wildman–Crippen LogP) is 3.75. The minimum atomic E-state index is -4.26. The molecule has 1 fully saturated rings. The van der Waals surface area contributed by atoms with Crippen molar-refractivity contribution >= 4 is 0 Å². The standard InChI is InChI=1S/C15H20F3NO/c1-2-14-9-13(7-8-20-14)19-10-11-3-5-12(6-4-11)15(16,17)18/h3-6,13-14,19H,2,7-10H2,1H3. The lowest BCUT2D eigenvalue weighted by Crippen LogP contribution is -2.38. The van der Waals surface area contributed by atoms with Crippen LogP contribution in [0.25, 0.3) is 0 Å². The van der Waals surface area contributed by atoms with Crippen LogP contribution < -0.4 is 5.32 Å². The fourth-order valence-electron chi connectivity index (χ4n) is 2.42. The first-order valence-electron chi connectivity index (χ1n) is 7.00. The summed E-state index contributed by atoms with van der Waals surface area (Å²) in [4.78, 5) is 0. The SMILES string of the molecule is CCC1CC(NCc2ccc(C(F)(F)F)cc2)CCO1. The molecule has 5 heteroatoms. The van der Waals surface area contributed by atoms with Gasteiger partial charge in [-0.3, -0.25) is 0 Å². The summed E-state index contributed by atoms with van der Waals surface area (Å²) in [5, 5.41) is 3.40. The molecule has 0 spiro atoms. The Hall–Kier alpha value is -1.07. The van der Waals surface area contributed by atoms with Crippen LogP contribution in [0, 0.1) is 0 Å². The normalized spacial score (nSPS) is 23.8. The number of ether oxygens (including phenoxy) is 1. The van der Waals surface area contributed by atoms with Crippen molar-refractivity contribution in [1.29, 1.82) is 0 Å². The molecule has 112 valence electrons. The Morgan fingerprint density at radius 1 is 1.25 bits per heavy atom. The van der Waals surface area contributed by atoms with Crippen molar-refractivity contribution < 1.29 is 17.9 Å². The first-order chi connectivity index (χ1) is 9.49. The van der Waals surface area contributed by atoms with Gasteiger partial charge in [0.1, 0.15) is 0 Å². The van der Waals surface area contributed by atoms with Gasteiger partial charge in [0.15, 0.2) is 0 Å². The van der Waals surface area contributed by atoms with Crippen molar-refractivity contribution in [1.82, 2.24) is 5.32 Å². The lowest BCUT2D eigenvalue weighted by atomic mass is 10.0. The summed E-state index contributed by atoms with van der Waals surface area (Å²) in [6.07, 6.45) is -1.04. The molecular weight excluding hydrogens is 267 g/mol. The zero-order valence-electron chi connectivity index (χ0n) is 11.5. The molecule has 1 aliphatic rings. The van der Waals surface area contributed by atoms with Crippen LogP contribution in [0.15, 0.2) is 24.3 Å². The van der Waals surface area contributed by atoms with E-state index in [1.165, 1.54) is 12.1 Å². The van der Waals surface area contributed by atoms with Gasteiger partial charge in [0, 0.05) is 19.2 Å². The van der Waals surface area contributed by atoms with Gasteiger partial charge in [0.25, 0.3) is 0 Å². The summed E-state index contributed by atoms with van der Waals surface area (Å²) in [6.45, 7) is 3.45. The molecule has 1 N–H and O–H groups in total. The van der Waals surface area contributed by atoms with Gasteiger partial charge in [0.05, 0.1) is 11.7 Å². The zero-order valence-corrected chi connectivity index (χ0v) is 11.5. The zero-order chi connectivity index (χ0) is 14.6. The topological polar surface area (TPSA) is 21.3 Å². The van der Waals surface area contributed by atoms with Gasteiger partial charge in [-0.1, -0.05) is 19.1 Å². The minimum absolute atomic E-state index is 0.300. The maximum absolute atomic E-state index is 12.4. The molecule has 2 rings (SSSR count). The highest BCUT2D eigenvalue weighted by atomic mass is 19.4. The molecule has 0 saturated carbocycles. The first-order valence-corrected chi connectivity index (χ1v) is 7.00. The maximum atomic E-state index is 12.4. The molecule has 0 aromatic heterocycles. The van der Waals surface area contributed by atoms with Crippen molar-refractivity contribution in [2.75, 3.05) is 6.61 Å². The van der Waals surface area contributed by atoms with Crippen LogP contribution in [-0.2, 0) is 17.5 Å². The fourth-order valence-corrected chi connectivity index (χ4v) is 2.42. The Bertz CT molecular complexity index is 416. The van der Waals surface area contributed by atoms with Gasteiger partial charge in [-0.15, -0.1) is 0 Å². The van der Waals surface area contributed by atoms with E-state index < -0.39 is 11.7 Å². The van der Waals surface area contributed by atoms with Crippen LogP contribution in [0.5, 0.6) is 0 Å². The third-order valence-electron chi connectivity index (χ3n) is 3.70. The second-order valence-corrected chi connectivity index (χ2v) is 5.20. The molecule has 1 aromatic carbocycles. The summed E-state index contributed by atoms with van der Waals surface area (Å²) in [5.74, 6) is 0. The third kappa shape index (κ3) is 4.21. The van der Waals surface area contributed by atoms with E-state index in [1.54, 1.807) is 0 Å². The maximum Gasteiger partial charge on any atom is 0.416 e. The number of rotatable bonds is 4. The summed E-state index contributed by atoms with van der Waals surface area (Å²) in [5.41, 5.74) is 0.274. The monoisotopic (exact) mass is 287 g/mol. The quantitative estimate of drug-likeness (QED) is 0.910. The van der Waals surface area contributed by atoms with Crippen molar-refractivity contribution in [3.05, 3.63) is 35.4 Å². The van der Waals surface area contributed by atoms with E-state index in [0.29, 0.717) is 18.7 Å². The number of hydrogen-bond acceptors (Lipinski definition) is 2. The van der Waals surface area contributed by atoms with Crippen LogP contribution in [0.2, 0.25) is 0 Å². The molecule has 2 unspecified atom stereocenters. The van der Waals surface area contributed by atoms with Crippen molar-refractivity contribution in [3.63, 3.8) is 0 Å². The van der Waals surface area contributed by atoms with Crippen molar-refractivity contribution in [2.24, 2.45) is 0 Å². The Labute approximate surface area is 117 Å². The van der Waals surface area contributed by atoms with E-state index in [-0.39, 0.29) is 0 Å². The Morgan fingerprint density at radius 2 is 1.95 bits per heavy atom. The highest BCUT2D eigenvalue weighted by molar-refractivity contribution is 5.24. The van der Waals surface area contributed by atoms with Crippen LogP contribution in [0.1, 0.15) is 37.3 Å². The summed E-state index contributed by atoms with van der Waals surface area (Å²) < 4.78 is 42.9. The number of benzene rings is 1. The van der Waals surface area contributed by atoms with Crippen LogP contribution in [0.4, 0.5) is 13.2 Å². The summed E-state index contributed by atoms with van der Waals surface area (Å²) in [6, 6.07) is 5.72. The Morgan fingerprint density at radius 3 is 2.55 bits per heavy atom. The van der Waals surface area contributed by atoms with Crippen LogP contribution in [-0.4, -0.2) is 18.8 Å². The third-order valence-corrected chi connectivity index (χ3v) is 3.70. The molecule has 1 heterocycles. The highest BCUT2D eigenvalue weighted by Gasteiger charge is 2.30. The predicted molar refractivity (Wildman–Crippen MR) is 71.3 cm³/mol. The number of halogens is 3. The molecular formula is C15H20F3NO. The largest absolute Gasteiger partial charge is 0.416 e. The second-order valence-electron chi connectivity index (χ2n) is 5.20. The van der Waals surface area contributed by atoms with Gasteiger partial charge in [0.2, 0.25) is 0 Å². The van der Waals surface area contributed by atoms with Crippen LogP contribution in [0.3, 0.4) is 0 Å². The van der Waals surface area contributed by atoms with E-state index in [9.17, 15) is 13.2 Å². The van der Waals surface area contributed by atoms with Gasteiger partial charge in [-0.2, -0.15) is 13.2 Å². The number of nitrogens with one attached hydrogen (secondary N) is 1. The molecule has 2 atom stereocenters. The second kappa shape index (κ2) is 6.59. The lowest BCUT2D eigenvalue weighted by Gasteiger charge is -2.29. The van der Waals surface area contributed by atoms with Crippen molar-refractivity contribution in [2.45, 2.75) is 51.1 Å². The van der Waals surface area contributed by atoms with E-state index >= 15 is 0 Å². The Kier molecular flexibility index (Phi) is 5.05. The Balaban J connectivity index is 1.85. The van der Waals surface area contributed by atoms with Crippen molar-refractivity contribution in [3.8, 4) is 0 Å². The molecule has 1 aromatic rings. The molecule has 0 aliphatic carbocycles.